The van der Waals surface area contributed by atoms with E-state index >= 15 is 0 Å². The molecule has 0 saturated heterocycles. The van der Waals surface area contributed by atoms with Gasteiger partial charge in [-0.25, -0.2) is 0 Å². The van der Waals surface area contributed by atoms with Gasteiger partial charge in [-0.05, 0) is 0 Å². The van der Waals surface area contributed by atoms with Gasteiger partial charge in [-0.2, -0.15) is 0 Å². The van der Waals surface area contributed by atoms with Gasteiger partial charge in [0.1, 0.15) is 0 Å². The van der Waals surface area contributed by atoms with Crippen molar-refractivity contribution in [2.75, 3.05) is 7.05 Å². The number of H-pyrrole nitrogens is 2. The zero-order valence-electron chi connectivity index (χ0n) is 6.10. The Morgan fingerprint density at radius 3 is 3.00 bits per heavy atom. The Bertz CT molecular complexity index is 340. The molecule has 0 atom stereocenters. The van der Waals surface area contributed by atoms with Crippen molar-refractivity contribution in [2.45, 2.75) is 6.54 Å². The molecule has 0 aliphatic carbocycles. The van der Waals surface area contributed by atoms with Crippen LogP contribution in [0.3, 0.4) is 0 Å². The van der Waals surface area contributed by atoms with Gasteiger partial charge in [0.05, 0.1) is 0 Å². The van der Waals surface area contributed by atoms with Crippen LogP contribution in [0.2, 0.25) is 0 Å². The van der Waals surface area contributed by atoms with Crippen molar-refractivity contribution in [3.63, 3.8) is 0 Å². The predicted octanol–water partition coefficient (Wildman–Crippen LogP) is -0.877. The van der Waals surface area contributed by atoms with Crippen molar-refractivity contribution in [3.8, 4) is 0 Å². The maximum absolute atomic E-state index is 11.1. The van der Waals surface area contributed by atoms with Crippen LogP contribution in [0.1, 0.15) is 5.56 Å². The molecular weight excluding hydrogens is 209 g/mol. The summed E-state index contributed by atoms with van der Waals surface area (Å²) >= 11 is 2.68. The molecule has 5 heteroatoms. The van der Waals surface area contributed by atoms with Gasteiger partial charge in [0.25, 0.3) is 0 Å². The molecule has 0 radical (unpaired) electrons. The summed E-state index contributed by atoms with van der Waals surface area (Å²) in [6, 6.07) is 0. The molecule has 1 rings (SSSR count). The molecule has 0 unspecified atom stereocenters. The molecule has 0 aliphatic heterocycles. The quantitative estimate of drug-likeness (QED) is 0.565. The number of hydrogen-bond donors (Lipinski definition) is 3. The Kier molecular flexibility index (Phi) is 2.82. The molecule has 0 fully saturated rings. The molecule has 4 nitrogen and oxygen atoms in total. The van der Waals surface area contributed by atoms with Crippen molar-refractivity contribution in [1.82, 2.24) is 15.3 Å². The van der Waals surface area contributed by atoms with Crippen LogP contribution in [0.25, 0.3) is 0 Å². The summed E-state index contributed by atoms with van der Waals surface area (Å²) < 4.78 is 0.648. The third kappa shape index (κ3) is 2.15. The van der Waals surface area contributed by atoms with Crippen LogP contribution in [-0.2, 0) is 6.54 Å². The first kappa shape index (κ1) is 8.46. The molecule has 1 aromatic heterocycles. The van der Waals surface area contributed by atoms with Crippen molar-refractivity contribution in [2.24, 2.45) is 0 Å². The van der Waals surface area contributed by atoms with E-state index in [9.17, 15) is 4.79 Å². The molecular formula is C6H9N3OSe. The zero-order chi connectivity index (χ0) is 8.27. The molecule has 0 amide bonds. The average Bonchev–Trinajstić information content (AvgIpc) is 1.95. The Balaban J connectivity index is 3.10. The SMILES string of the molecule is CNCc1c[nH]c(=[Se])[nH]c1=O. The second-order valence-corrected chi connectivity index (χ2v) is 2.98. The normalized spacial score (nSPS) is 9.91. The fraction of sp³-hybridized carbons (Fsp3) is 0.333. The fourth-order valence-electron chi connectivity index (χ4n) is 0.759. The van der Waals surface area contributed by atoms with Crippen LogP contribution in [0.4, 0.5) is 0 Å². The Hall–Kier alpha value is -0.641. The minimum atomic E-state index is -0.0631. The van der Waals surface area contributed by atoms with Gasteiger partial charge >= 0.3 is 70.9 Å². The monoisotopic (exact) mass is 219 g/mol. The molecule has 0 aromatic carbocycles. The van der Waals surface area contributed by atoms with Gasteiger partial charge in [-0.3, -0.25) is 0 Å². The average molecular weight is 218 g/mol. The van der Waals surface area contributed by atoms with E-state index in [1.54, 1.807) is 13.2 Å². The van der Waals surface area contributed by atoms with Crippen LogP contribution >= 0.6 is 0 Å². The van der Waals surface area contributed by atoms with E-state index in [2.05, 4.69) is 30.9 Å². The summed E-state index contributed by atoms with van der Waals surface area (Å²) in [4.78, 5) is 16.6. The van der Waals surface area contributed by atoms with E-state index < -0.39 is 0 Å². The van der Waals surface area contributed by atoms with Crippen molar-refractivity contribution >= 4 is 15.6 Å². The number of hydrogen-bond acceptors (Lipinski definition) is 2. The third-order valence-corrected chi connectivity index (χ3v) is 1.72. The maximum atomic E-state index is 11.1. The summed E-state index contributed by atoms with van der Waals surface area (Å²) in [6.07, 6.45) is 1.68. The van der Waals surface area contributed by atoms with Crippen LogP contribution in [0.5, 0.6) is 0 Å². The summed E-state index contributed by atoms with van der Waals surface area (Å²) in [6.45, 7) is 0.576. The topological polar surface area (TPSA) is 60.7 Å². The van der Waals surface area contributed by atoms with E-state index in [4.69, 9.17) is 0 Å². The van der Waals surface area contributed by atoms with Gasteiger partial charge in [0.15, 0.2) is 0 Å². The molecule has 11 heavy (non-hydrogen) atoms. The van der Waals surface area contributed by atoms with E-state index in [1.807, 2.05) is 0 Å². The van der Waals surface area contributed by atoms with Crippen LogP contribution in [0, 0.1) is 4.32 Å². The van der Waals surface area contributed by atoms with Gasteiger partial charge < -0.3 is 0 Å². The molecule has 3 N–H and O–H groups in total. The molecule has 0 saturated carbocycles. The van der Waals surface area contributed by atoms with Gasteiger partial charge in [0, 0.05) is 0 Å². The van der Waals surface area contributed by atoms with Crippen LogP contribution in [-0.4, -0.2) is 32.6 Å². The summed E-state index contributed by atoms with van der Waals surface area (Å²) in [5.41, 5.74) is 0.637. The molecule has 1 aromatic rings. The first-order valence-electron chi connectivity index (χ1n) is 3.19. The third-order valence-electron chi connectivity index (χ3n) is 1.26. The number of rotatable bonds is 2. The second kappa shape index (κ2) is 3.66. The van der Waals surface area contributed by atoms with E-state index in [0.717, 1.165) is 0 Å². The van der Waals surface area contributed by atoms with Crippen LogP contribution < -0.4 is 10.9 Å². The second-order valence-electron chi connectivity index (χ2n) is 2.13. The van der Waals surface area contributed by atoms with Crippen LogP contribution in [0.15, 0.2) is 11.0 Å². The molecule has 0 bridgehead atoms. The summed E-state index contributed by atoms with van der Waals surface area (Å²) in [5, 5.41) is 2.89. The van der Waals surface area contributed by atoms with E-state index in [0.29, 0.717) is 16.4 Å². The molecule has 0 spiro atoms. The van der Waals surface area contributed by atoms with E-state index in [1.165, 1.54) is 0 Å². The first-order chi connectivity index (χ1) is 5.24. The predicted molar refractivity (Wildman–Crippen MR) is 43.2 cm³/mol. The minimum absolute atomic E-state index is 0.0631. The number of aromatic amines is 2. The number of nitrogens with one attached hydrogen (secondary N) is 3. The van der Waals surface area contributed by atoms with Gasteiger partial charge in [-0.1, -0.05) is 0 Å². The summed E-state index contributed by atoms with van der Waals surface area (Å²) in [7, 11) is 1.80. The fourth-order valence-corrected chi connectivity index (χ4v) is 1.08. The zero-order valence-corrected chi connectivity index (χ0v) is 7.81. The Labute approximate surface area is 71.4 Å². The number of aromatic nitrogens is 2. The standard InChI is InChI=1S/C6H9N3OSe/c1-7-2-4-3-8-6(11)9-5(4)10/h3,7H,2H2,1H3,(H2,8,9,10,11). The molecule has 1 heterocycles. The first-order valence-corrected chi connectivity index (χ1v) is 4.05. The van der Waals surface area contributed by atoms with Crippen molar-refractivity contribution in [3.05, 3.63) is 26.4 Å². The van der Waals surface area contributed by atoms with Crippen molar-refractivity contribution in [1.29, 1.82) is 0 Å². The summed E-state index contributed by atoms with van der Waals surface area (Å²) in [5.74, 6) is 0. The van der Waals surface area contributed by atoms with E-state index in [-0.39, 0.29) is 5.56 Å². The Morgan fingerprint density at radius 1 is 1.73 bits per heavy atom. The molecule has 0 aliphatic rings. The molecule has 60 valence electrons. The van der Waals surface area contributed by atoms with Crippen molar-refractivity contribution < 1.29 is 0 Å². The Morgan fingerprint density at radius 2 is 2.45 bits per heavy atom. The van der Waals surface area contributed by atoms with Gasteiger partial charge in [0.2, 0.25) is 0 Å². The van der Waals surface area contributed by atoms with Gasteiger partial charge in [-0.15, -0.1) is 0 Å².